The summed E-state index contributed by atoms with van der Waals surface area (Å²) >= 11 is 0. The first-order valence-corrected chi connectivity index (χ1v) is 5.16. The van der Waals surface area contributed by atoms with Gasteiger partial charge in [-0.15, -0.1) is 0 Å². The largest absolute Gasteiger partial charge is 0.481 e. The molecule has 0 aromatic rings. The molecule has 4 nitrogen and oxygen atoms in total. The lowest BCUT2D eigenvalue weighted by atomic mass is 9.91. The first kappa shape index (κ1) is 14.4. The average molecular weight is 226 g/mol. The van der Waals surface area contributed by atoms with Crippen LogP contribution in [-0.2, 0) is 14.3 Å². The van der Waals surface area contributed by atoms with Crippen molar-refractivity contribution in [2.75, 3.05) is 6.61 Å². The minimum atomic E-state index is -0.985. The Hall–Kier alpha value is -1.58. The number of hydrogen-bond donors (Lipinski definition) is 1. The van der Waals surface area contributed by atoms with Crippen molar-refractivity contribution in [1.29, 1.82) is 0 Å². The van der Waals surface area contributed by atoms with Gasteiger partial charge in [0.25, 0.3) is 0 Å². The first-order chi connectivity index (χ1) is 7.54. The molecule has 2 unspecified atom stereocenters. The highest BCUT2D eigenvalue weighted by molar-refractivity contribution is 5.80. The third-order valence-electron chi connectivity index (χ3n) is 2.26. The van der Waals surface area contributed by atoms with E-state index >= 15 is 0 Å². The summed E-state index contributed by atoms with van der Waals surface area (Å²) in [6.45, 7) is 6.90. The van der Waals surface area contributed by atoms with Crippen LogP contribution in [0, 0.1) is 11.8 Å². The second kappa shape index (κ2) is 7.68. The van der Waals surface area contributed by atoms with E-state index in [1.807, 2.05) is 0 Å². The Labute approximate surface area is 95.6 Å². The molecule has 0 bridgehead atoms. The fourth-order valence-electron chi connectivity index (χ4n) is 1.24. The molecule has 0 rings (SSSR count). The van der Waals surface area contributed by atoms with Crippen molar-refractivity contribution in [3.8, 4) is 0 Å². The Bertz CT molecular complexity index is 281. The zero-order valence-corrected chi connectivity index (χ0v) is 9.68. The SMILES string of the molecule is C=CCOC(=O)C(C)C(CC=CC)C(=O)O. The van der Waals surface area contributed by atoms with E-state index in [1.165, 1.54) is 6.08 Å². The van der Waals surface area contributed by atoms with Crippen molar-refractivity contribution in [1.82, 2.24) is 0 Å². The minimum absolute atomic E-state index is 0.110. The van der Waals surface area contributed by atoms with Gasteiger partial charge in [-0.3, -0.25) is 9.59 Å². The molecule has 90 valence electrons. The van der Waals surface area contributed by atoms with E-state index in [-0.39, 0.29) is 6.61 Å². The van der Waals surface area contributed by atoms with Gasteiger partial charge in [0.2, 0.25) is 0 Å². The molecule has 0 aliphatic carbocycles. The number of ether oxygens (including phenoxy) is 1. The van der Waals surface area contributed by atoms with Crippen LogP contribution in [0.4, 0.5) is 0 Å². The Morgan fingerprint density at radius 1 is 1.50 bits per heavy atom. The number of aliphatic carboxylic acids is 1. The van der Waals surface area contributed by atoms with Crippen LogP contribution in [0.5, 0.6) is 0 Å². The summed E-state index contributed by atoms with van der Waals surface area (Å²) in [5.41, 5.74) is 0. The highest BCUT2D eigenvalue weighted by Crippen LogP contribution is 2.18. The number of esters is 1. The Balaban J connectivity index is 4.47. The monoisotopic (exact) mass is 226 g/mol. The van der Waals surface area contributed by atoms with Gasteiger partial charge in [-0.1, -0.05) is 31.7 Å². The number of carbonyl (C=O) groups excluding carboxylic acids is 1. The van der Waals surface area contributed by atoms with Crippen LogP contribution in [0.3, 0.4) is 0 Å². The van der Waals surface area contributed by atoms with Crippen molar-refractivity contribution >= 4 is 11.9 Å². The third kappa shape index (κ3) is 4.77. The molecule has 16 heavy (non-hydrogen) atoms. The predicted octanol–water partition coefficient (Wildman–Crippen LogP) is 2.02. The maximum atomic E-state index is 11.5. The molecule has 0 aliphatic heterocycles. The Morgan fingerprint density at radius 3 is 2.56 bits per heavy atom. The van der Waals surface area contributed by atoms with Crippen LogP contribution >= 0.6 is 0 Å². The van der Waals surface area contributed by atoms with Gasteiger partial charge in [-0.25, -0.2) is 0 Å². The van der Waals surface area contributed by atoms with E-state index in [4.69, 9.17) is 9.84 Å². The van der Waals surface area contributed by atoms with Crippen molar-refractivity contribution in [2.45, 2.75) is 20.3 Å². The molecule has 1 N–H and O–H groups in total. The second-order valence-electron chi connectivity index (χ2n) is 3.46. The second-order valence-corrected chi connectivity index (χ2v) is 3.46. The van der Waals surface area contributed by atoms with E-state index in [2.05, 4.69) is 6.58 Å². The maximum Gasteiger partial charge on any atom is 0.309 e. The summed E-state index contributed by atoms with van der Waals surface area (Å²) in [7, 11) is 0. The molecule has 0 spiro atoms. The summed E-state index contributed by atoms with van der Waals surface area (Å²) in [6, 6.07) is 0. The average Bonchev–Trinajstić information content (AvgIpc) is 2.25. The zero-order valence-electron chi connectivity index (χ0n) is 9.68. The Morgan fingerprint density at radius 2 is 2.12 bits per heavy atom. The number of carboxylic acid groups (broad SMARTS) is 1. The summed E-state index contributed by atoms with van der Waals surface area (Å²) in [4.78, 5) is 22.4. The molecule has 0 aliphatic rings. The number of hydrogen-bond acceptors (Lipinski definition) is 3. The molecule has 0 aromatic heterocycles. The normalized spacial score (nSPS) is 14.4. The molecule has 2 atom stereocenters. The van der Waals surface area contributed by atoms with Gasteiger partial charge in [0.15, 0.2) is 0 Å². The number of allylic oxidation sites excluding steroid dienone is 2. The summed E-state index contributed by atoms with van der Waals surface area (Å²) in [6.07, 6.45) is 5.27. The molecule has 0 heterocycles. The first-order valence-electron chi connectivity index (χ1n) is 5.16. The molecule has 0 aromatic carbocycles. The van der Waals surface area contributed by atoms with E-state index in [9.17, 15) is 9.59 Å². The predicted molar refractivity (Wildman–Crippen MR) is 60.9 cm³/mol. The fourth-order valence-corrected chi connectivity index (χ4v) is 1.24. The van der Waals surface area contributed by atoms with E-state index < -0.39 is 23.8 Å². The van der Waals surface area contributed by atoms with Gasteiger partial charge >= 0.3 is 11.9 Å². The van der Waals surface area contributed by atoms with Crippen LogP contribution in [-0.4, -0.2) is 23.7 Å². The highest BCUT2D eigenvalue weighted by Gasteiger charge is 2.29. The number of rotatable bonds is 7. The molecule has 0 saturated heterocycles. The molecular weight excluding hydrogens is 208 g/mol. The molecule has 4 heteroatoms. The van der Waals surface area contributed by atoms with Crippen molar-refractivity contribution < 1.29 is 19.4 Å². The summed E-state index contributed by atoms with van der Waals surface area (Å²) in [5.74, 6) is -2.89. The van der Waals surface area contributed by atoms with Crippen LogP contribution in [0.25, 0.3) is 0 Å². The van der Waals surface area contributed by atoms with Crippen LogP contribution in [0.2, 0.25) is 0 Å². The van der Waals surface area contributed by atoms with Gasteiger partial charge in [0, 0.05) is 0 Å². The van der Waals surface area contributed by atoms with E-state index in [0.717, 1.165) is 0 Å². The van der Waals surface area contributed by atoms with Crippen molar-refractivity contribution in [3.05, 3.63) is 24.8 Å². The van der Waals surface area contributed by atoms with Crippen molar-refractivity contribution in [3.63, 3.8) is 0 Å². The van der Waals surface area contributed by atoms with Gasteiger partial charge in [-0.2, -0.15) is 0 Å². The molecule has 0 saturated carbocycles. The van der Waals surface area contributed by atoms with E-state index in [1.54, 1.807) is 26.0 Å². The van der Waals surface area contributed by atoms with Gasteiger partial charge in [0.05, 0.1) is 11.8 Å². The summed E-state index contributed by atoms with van der Waals surface area (Å²) in [5, 5.41) is 8.98. The number of carboxylic acids is 1. The van der Waals surface area contributed by atoms with Crippen LogP contribution in [0.15, 0.2) is 24.8 Å². The molecular formula is C12H18O4. The quantitative estimate of drug-likeness (QED) is 0.533. The third-order valence-corrected chi connectivity index (χ3v) is 2.26. The number of carbonyl (C=O) groups is 2. The van der Waals surface area contributed by atoms with E-state index in [0.29, 0.717) is 6.42 Å². The Kier molecular flexibility index (Phi) is 6.92. The summed E-state index contributed by atoms with van der Waals surface area (Å²) < 4.78 is 4.82. The van der Waals surface area contributed by atoms with Gasteiger partial charge in [0.1, 0.15) is 6.61 Å². The zero-order chi connectivity index (χ0) is 12.6. The lowest BCUT2D eigenvalue weighted by Gasteiger charge is -2.17. The van der Waals surface area contributed by atoms with Crippen LogP contribution < -0.4 is 0 Å². The maximum absolute atomic E-state index is 11.5. The van der Waals surface area contributed by atoms with Crippen LogP contribution in [0.1, 0.15) is 20.3 Å². The molecule has 0 radical (unpaired) electrons. The standard InChI is InChI=1S/C12H18O4/c1-4-6-7-10(11(13)14)9(3)12(15)16-8-5-2/h4-6,9-10H,2,7-8H2,1,3H3,(H,13,14). The molecule has 0 fully saturated rings. The fraction of sp³-hybridized carbons (Fsp3) is 0.500. The highest BCUT2D eigenvalue weighted by atomic mass is 16.5. The molecule has 0 amide bonds. The lowest BCUT2D eigenvalue weighted by Crippen LogP contribution is -2.28. The van der Waals surface area contributed by atoms with Gasteiger partial charge in [-0.05, 0) is 13.3 Å². The van der Waals surface area contributed by atoms with Gasteiger partial charge < -0.3 is 9.84 Å². The minimum Gasteiger partial charge on any atom is -0.481 e. The smallest absolute Gasteiger partial charge is 0.309 e. The topological polar surface area (TPSA) is 63.6 Å². The lowest BCUT2D eigenvalue weighted by molar-refractivity contribution is -0.156. The van der Waals surface area contributed by atoms with Crippen molar-refractivity contribution in [2.24, 2.45) is 11.8 Å².